The Bertz CT molecular complexity index is 697. The molecular formula is C13H16N4O3S. The number of amides is 1. The summed E-state index contributed by atoms with van der Waals surface area (Å²) >= 11 is 1.01. The summed E-state index contributed by atoms with van der Waals surface area (Å²) in [4.78, 5) is 27.4. The molecule has 0 radical (unpaired) electrons. The Labute approximate surface area is 125 Å². The minimum absolute atomic E-state index is 0.0304. The normalized spacial score (nSPS) is 11.4. The maximum absolute atomic E-state index is 12.0. The van der Waals surface area contributed by atoms with Crippen molar-refractivity contribution in [2.24, 2.45) is 0 Å². The molecule has 2 heterocycles. The number of carbonyl (C=O) groups is 2. The van der Waals surface area contributed by atoms with Crippen LogP contribution < -0.4 is 5.32 Å². The van der Waals surface area contributed by atoms with Gasteiger partial charge in [-0.3, -0.25) is 9.89 Å². The van der Waals surface area contributed by atoms with E-state index in [4.69, 9.17) is 5.11 Å². The molecule has 2 rings (SSSR count). The van der Waals surface area contributed by atoms with E-state index in [2.05, 4.69) is 20.5 Å². The Morgan fingerprint density at radius 2 is 2.05 bits per heavy atom. The summed E-state index contributed by atoms with van der Waals surface area (Å²) in [6.07, 6.45) is 0. The minimum atomic E-state index is -1.01. The number of aromatic amines is 1. The molecule has 0 fully saturated rings. The van der Waals surface area contributed by atoms with Gasteiger partial charge >= 0.3 is 5.97 Å². The summed E-state index contributed by atoms with van der Waals surface area (Å²) in [6, 6.07) is 1.61. The topological polar surface area (TPSA) is 108 Å². The fourth-order valence-corrected chi connectivity index (χ4v) is 2.53. The van der Waals surface area contributed by atoms with Gasteiger partial charge in [0.05, 0.1) is 5.00 Å². The largest absolute Gasteiger partial charge is 0.477 e. The first-order valence-corrected chi connectivity index (χ1v) is 7.08. The van der Waals surface area contributed by atoms with Crippen molar-refractivity contribution in [3.05, 3.63) is 28.2 Å². The zero-order valence-corrected chi connectivity index (χ0v) is 13.0. The van der Waals surface area contributed by atoms with Crippen LogP contribution >= 0.6 is 11.3 Å². The van der Waals surface area contributed by atoms with Gasteiger partial charge < -0.3 is 10.4 Å². The Morgan fingerprint density at radius 1 is 1.38 bits per heavy atom. The maximum atomic E-state index is 12.0. The highest BCUT2D eigenvalue weighted by atomic mass is 32.1. The van der Waals surface area contributed by atoms with Gasteiger partial charge in [0.15, 0.2) is 0 Å². The number of aromatic nitrogens is 3. The van der Waals surface area contributed by atoms with E-state index in [0.29, 0.717) is 16.4 Å². The Balaban J connectivity index is 2.17. The number of nitrogens with one attached hydrogen (secondary N) is 2. The number of carbonyl (C=O) groups excluding carboxylic acids is 1. The molecule has 2 aromatic heterocycles. The molecular weight excluding hydrogens is 292 g/mol. The van der Waals surface area contributed by atoms with Crippen molar-refractivity contribution in [3.63, 3.8) is 0 Å². The second kappa shape index (κ2) is 5.28. The second-order valence-electron chi connectivity index (χ2n) is 5.64. The molecule has 8 heteroatoms. The highest BCUT2D eigenvalue weighted by Crippen LogP contribution is 2.27. The van der Waals surface area contributed by atoms with Crippen molar-refractivity contribution < 1.29 is 14.7 Å². The van der Waals surface area contributed by atoms with Crippen LogP contribution in [0, 0.1) is 6.92 Å². The van der Waals surface area contributed by atoms with Gasteiger partial charge in [-0.1, -0.05) is 20.8 Å². The molecule has 0 atom stereocenters. The lowest BCUT2D eigenvalue weighted by Gasteiger charge is -2.12. The number of thiophene rings is 1. The Morgan fingerprint density at radius 3 is 2.52 bits per heavy atom. The predicted molar refractivity (Wildman–Crippen MR) is 79.1 cm³/mol. The van der Waals surface area contributed by atoms with Gasteiger partial charge in [0.2, 0.25) is 5.82 Å². The van der Waals surface area contributed by atoms with Crippen molar-refractivity contribution in [1.29, 1.82) is 0 Å². The monoisotopic (exact) mass is 308 g/mol. The fourth-order valence-electron chi connectivity index (χ4n) is 1.62. The summed E-state index contributed by atoms with van der Waals surface area (Å²) < 4.78 is 0. The van der Waals surface area contributed by atoms with Crippen LogP contribution in [0.15, 0.2) is 6.07 Å². The molecule has 0 aliphatic carbocycles. The zero-order valence-electron chi connectivity index (χ0n) is 12.1. The van der Waals surface area contributed by atoms with E-state index in [1.165, 1.54) is 0 Å². The number of anilines is 1. The van der Waals surface area contributed by atoms with Gasteiger partial charge in [-0.15, -0.1) is 16.4 Å². The molecule has 0 saturated heterocycles. The number of carboxylic acids is 1. The van der Waals surface area contributed by atoms with Crippen molar-refractivity contribution in [1.82, 2.24) is 15.2 Å². The summed E-state index contributed by atoms with van der Waals surface area (Å²) in [6.45, 7) is 7.55. The molecule has 0 bridgehead atoms. The molecule has 0 saturated carbocycles. The zero-order chi connectivity index (χ0) is 15.8. The molecule has 0 unspecified atom stereocenters. The second-order valence-corrected chi connectivity index (χ2v) is 6.69. The van der Waals surface area contributed by atoms with Gasteiger partial charge in [0, 0.05) is 5.41 Å². The highest BCUT2D eigenvalue weighted by Gasteiger charge is 2.22. The van der Waals surface area contributed by atoms with Crippen molar-refractivity contribution in [2.75, 3.05) is 5.32 Å². The standard InChI is InChI=1S/C13H16N4O3S/c1-6-5-7(21-8(6)11(19)20)14-10(18)9-15-12(17-16-9)13(2,3)4/h5H,1-4H3,(H,14,18)(H,19,20)(H,15,16,17). The Kier molecular flexibility index (Phi) is 3.82. The lowest BCUT2D eigenvalue weighted by atomic mass is 9.96. The number of aromatic carboxylic acids is 1. The third-order valence-corrected chi connectivity index (χ3v) is 3.89. The van der Waals surface area contributed by atoms with E-state index >= 15 is 0 Å². The van der Waals surface area contributed by atoms with Crippen molar-refractivity contribution >= 4 is 28.2 Å². The van der Waals surface area contributed by atoms with E-state index in [0.717, 1.165) is 11.3 Å². The number of H-pyrrole nitrogens is 1. The van der Waals surface area contributed by atoms with Crippen LogP contribution in [0.25, 0.3) is 0 Å². The number of nitrogens with zero attached hydrogens (tertiary/aromatic N) is 2. The average Bonchev–Trinajstić information content (AvgIpc) is 2.94. The van der Waals surface area contributed by atoms with Gasteiger partial charge in [-0.05, 0) is 18.6 Å². The number of carboxylic acid groups (broad SMARTS) is 1. The predicted octanol–water partition coefficient (Wildman–Crippen LogP) is 2.42. The molecule has 3 N–H and O–H groups in total. The first kappa shape index (κ1) is 15.2. The molecule has 7 nitrogen and oxygen atoms in total. The van der Waals surface area contributed by atoms with E-state index < -0.39 is 11.9 Å². The smallest absolute Gasteiger partial charge is 0.346 e. The van der Waals surface area contributed by atoms with E-state index in [9.17, 15) is 9.59 Å². The third kappa shape index (κ3) is 3.27. The third-order valence-electron chi connectivity index (χ3n) is 2.75. The van der Waals surface area contributed by atoms with E-state index in [-0.39, 0.29) is 16.1 Å². The molecule has 2 aromatic rings. The van der Waals surface area contributed by atoms with E-state index in [1.807, 2.05) is 20.8 Å². The van der Waals surface area contributed by atoms with Crippen LogP contribution in [-0.2, 0) is 5.41 Å². The summed E-state index contributed by atoms with van der Waals surface area (Å²) in [7, 11) is 0. The minimum Gasteiger partial charge on any atom is -0.477 e. The first-order chi connectivity index (χ1) is 9.68. The molecule has 0 aliphatic heterocycles. The van der Waals surface area contributed by atoms with Gasteiger partial charge in [-0.25, -0.2) is 9.78 Å². The fraction of sp³-hybridized carbons (Fsp3) is 0.385. The van der Waals surface area contributed by atoms with Crippen LogP contribution in [0.3, 0.4) is 0 Å². The number of hydrogen-bond donors (Lipinski definition) is 3. The number of aryl methyl sites for hydroxylation is 1. The quantitative estimate of drug-likeness (QED) is 0.807. The van der Waals surface area contributed by atoms with Crippen molar-refractivity contribution in [2.45, 2.75) is 33.1 Å². The lowest BCUT2D eigenvalue weighted by Crippen LogP contribution is -2.15. The van der Waals surface area contributed by atoms with Crippen LogP contribution in [0.4, 0.5) is 5.00 Å². The molecule has 21 heavy (non-hydrogen) atoms. The highest BCUT2D eigenvalue weighted by molar-refractivity contribution is 7.18. The number of rotatable bonds is 3. The molecule has 0 spiro atoms. The molecule has 1 amide bonds. The van der Waals surface area contributed by atoms with Gasteiger partial charge in [0.1, 0.15) is 10.7 Å². The molecule has 0 aliphatic rings. The Hall–Kier alpha value is -2.22. The van der Waals surface area contributed by atoms with Crippen molar-refractivity contribution in [3.8, 4) is 0 Å². The summed E-state index contributed by atoms with van der Waals surface area (Å²) in [5.41, 5.74) is 0.370. The van der Waals surface area contributed by atoms with Gasteiger partial charge in [-0.2, -0.15) is 0 Å². The van der Waals surface area contributed by atoms with Gasteiger partial charge in [0.25, 0.3) is 5.91 Å². The lowest BCUT2D eigenvalue weighted by molar-refractivity contribution is 0.0701. The van der Waals surface area contributed by atoms with Crippen LogP contribution in [0.1, 0.15) is 52.4 Å². The van der Waals surface area contributed by atoms with Crippen LogP contribution in [-0.4, -0.2) is 32.2 Å². The summed E-state index contributed by atoms with van der Waals surface area (Å²) in [5.74, 6) is -0.838. The van der Waals surface area contributed by atoms with Crippen LogP contribution in [0.2, 0.25) is 0 Å². The number of hydrogen-bond acceptors (Lipinski definition) is 5. The average molecular weight is 308 g/mol. The maximum Gasteiger partial charge on any atom is 0.346 e. The first-order valence-electron chi connectivity index (χ1n) is 6.26. The molecule has 0 aromatic carbocycles. The SMILES string of the molecule is Cc1cc(NC(=O)c2n[nH]c(C(C)(C)C)n2)sc1C(=O)O. The van der Waals surface area contributed by atoms with Crippen LogP contribution in [0.5, 0.6) is 0 Å². The summed E-state index contributed by atoms with van der Waals surface area (Å²) in [5, 5.41) is 18.7. The molecule has 112 valence electrons. The van der Waals surface area contributed by atoms with E-state index in [1.54, 1.807) is 13.0 Å².